The van der Waals surface area contributed by atoms with Crippen molar-refractivity contribution in [2.24, 2.45) is 0 Å². The van der Waals surface area contributed by atoms with E-state index in [1.807, 2.05) is 0 Å². The minimum absolute atomic E-state index is 0.102. The Morgan fingerprint density at radius 2 is 1.61 bits per heavy atom. The number of hydrogen-bond donors (Lipinski definition) is 2. The number of unbranched alkanes of at least 4 members (excludes halogenated alkanes) is 1. The molecule has 0 fully saturated rings. The van der Waals surface area contributed by atoms with Gasteiger partial charge in [-0.15, -0.1) is 0 Å². The van der Waals surface area contributed by atoms with E-state index in [0.717, 1.165) is 0 Å². The van der Waals surface area contributed by atoms with Crippen LogP contribution in [0.1, 0.15) is 53.4 Å². The summed E-state index contributed by atoms with van der Waals surface area (Å²) in [5.41, 5.74) is -0.654. The molecule has 8 heteroatoms. The van der Waals surface area contributed by atoms with E-state index in [1.54, 1.807) is 20.8 Å². The van der Waals surface area contributed by atoms with Crippen LogP contribution >= 0.6 is 0 Å². The average molecular weight is 330 g/mol. The Kier molecular flexibility index (Phi) is 8.90. The van der Waals surface area contributed by atoms with Gasteiger partial charge in [-0.2, -0.15) is 0 Å². The smallest absolute Gasteiger partial charge is 0.328 e. The molecule has 0 bridgehead atoms. The Morgan fingerprint density at radius 3 is 2.13 bits per heavy atom. The fourth-order valence-electron chi connectivity index (χ4n) is 1.53. The number of rotatable bonds is 7. The van der Waals surface area contributed by atoms with Crippen LogP contribution in [0.2, 0.25) is 0 Å². The minimum Gasteiger partial charge on any atom is -0.469 e. The molecule has 1 atom stereocenters. The van der Waals surface area contributed by atoms with Crippen LogP contribution in [0.5, 0.6) is 0 Å². The molecule has 2 N–H and O–H groups in total. The molecule has 8 nitrogen and oxygen atoms in total. The second-order valence-electron chi connectivity index (χ2n) is 6.06. The van der Waals surface area contributed by atoms with Crippen molar-refractivity contribution in [3.63, 3.8) is 0 Å². The first-order valence-corrected chi connectivity index (χ1v) is 7.45. The molecule has 0 aliphatic rings. The van der Waals surface area contributed by atoms with Gasteiger partial charge >= 0.3 is 18.0 Å². The fraction of sp³-hybridized carbons (Fsp3) is 0.733. The third-order valence-electron chi connectivity index (χ3n) is 2.62. The molecule has 0 spiro atoms. The first-order valence-electron chi connectivity index (χ1n) is 7.45. The molecule has 0 saturated carbocycles. The SMILES string of the molecule is COC(=O)CCCCC(=O)NC(=O)N[C@@H](C)C(=O)OC(C)(C)C. The molecule has 0 aromatic carbocycles. The number of nitrogens with one attached hydrogen (secondary N) is 2. The molecule has 132 valence electrons. The van der Waals surface area contributed by atoms with Crippen LogP contribution in [-0.4, -0.2) is 42.6 Å². The van der Waals surface area contributed by atoms with Crippen LogP contribution in [0.25, 0.3) is 0 Å². The summed E-state index contributed by atoms with van der Waals surface area (Å²) in [6.07, 6.45) is 1.28. The maximum absolute atomic E-state index is 11.7. The predicted molar refractivity (Wildman–Crippen MR) is 82.5 cm³/mol. The Labute approximate surface area is 136 Å². The van der Waals surface area contributed by atoms with Crippen LogP contribution in [-0.2, 0) is 23.9 Å². The van der Waals surface area contributed by atoms with Crippen molar-refractivity contribution in [1.82, 2.24) is 10.6 Å². The van der Waals surface area contributed by atoms with Gasteiger partial charge in [-0.3, -0.25) is 14.9 Å². The van der Waals surface area contributed by atoms with Crippen LogP contribution < -0.4 is 10.6 Å². The van der Waals surface area contributed by atoms with Gasteiger partial charge in [-0.25, -0.2) is 9.59 Å². The molecule has 0 aromatic rings. The molecule has 0 unspecified atom stereocenters. The summed E-state index contributed by atoms with van der Waals surface area (Å²) < 4.78 is 9.58. The van der Waals surface area contributed by atoms with Gasteiger partial charge in [0.05, 0.1) is 7.11 Å². The molecule has 0 saturated heterocycles. The number of urea groups is 1. The van der Waals surface area contributed by atoms with Crippen LogP contribution in [0.4, 0.5) is 4.79 Å². The van der Waals surface area contributed by atoms with E-state index in [1.165, 1.54) is 14.0 Å². The van der Waals surface area contributed by atoms with Crippen molar-refractivity contribution in [3.8, 4) is 0 Å². The topological polar surface area (TPSA) is 111 Å². The lowest BCUT2D eigenvalue weighted by Gasteiger charge is -2.22. The molecule has 0 radical (unpaired) electrons. The van der Waals surface area contributed by atoms with E-state index in [2.05, 4.69) is 15.4 Å². The zero-order valence-electron chi connectivity index (χ0n) is 14.4. The quantitative estimate of drug-likeness (QED) is 0.537. The van der Waals surface area contributed by atoms with E-state index >= 15 is 0 Å². The minimum atomic E-state index is -0.874. The van der Waals surface area contributed by atoms with Gasteiger partial charge in [0.2, 0.25) is 5.91 Å². The van der Waals surface area contributed by atoms with Gasteiger partial charge < -0.3 is 14.8 Å². The van der Waals surface area contributed by atoms with Crippen molar-refractivity contribution < 1.29 is 28.7 Å². The van der Waals surface area contributed by atoms with E-state index in [9.17, 15) is 19.2 Å². The Hall–Kier alpha value is -2.12. The highest BCUT2D eigenvalue weighted by atomic mass is 16.6. The van der Waals surface area contributed by atoms with E-state index in [0.29, 0.717) is 12.8 Å². The highest BCUT2D eigenvalue weighted by molar-refractivity contribution is 5.95. The number of amides is 3. The first-order chi connectivity index (χ1) is 10.5. The van der Waals surface area contributed by atoms with Gasteiger partial charge in [-0.1, -0.05) is 0 Å². The lowest BCUT2D eigenvalue weighted by molar-refractivity contribution is -0.156. The molecule has 0 rings (SSSR count). The van der Waals surface area contributed by atoms with Crippen molar-refractivity contribution in [2.45, 2.75) is 65.0 Å². The maximum Gasteiger partial charge on any atom is 0.328 e. The summed E-state index contributed by atoms with van der Waals surface area (Å²) in [5, 5.41) is 4.45. The predicted octanol–water partition coefficient (Wildman–Crippen LogP) is 1.28. The van der Waals surface area contributed by atoms with Gasteiger partial charge in [0.15, 0.2) is 0 Å². The van der Waals surface area contributed by atoms with Crippen molar-refractivity contribution >= 4 is 23.9 Å². The number of carbonyl (C=O) groups is 4. The highest BCUT2D eigenvalue weighted by Gasteiger charge is 2.23. The largest absolute Gasteiger partial charge is 0.469 e. The highest BCUT2D eigenvalue weighted by Crippen LogP contribution is 2.08. The molecular formula is C15H26N2O6. The maximum atomic E-state index is 11.7. The molecule has 0 aromatic heterocycles. The zero-order valence-corrected chi connectivity index (χ0v) is 14.4. The molecule has 3 amide bonds. The number of methoxy groups -OCH3 is 1. The normalized spacial score (nSPS) is 12.0. The van der Waals surface area contributed by atoms with Crippen LogP contribution in [0.3, 0.4) is 0 Å². The number of hydrogen-bond acceptors (Lipinski definition) is 6. The van der Waals surface area contributed by atoms with E-state index < -0.39 is 29.6 Å². The second kappa shape index (κ2) is 9.81. The first kappa shape index (κ1) is 20.9. The van der Waals surface area contributed by atoms with E-state index in [4.69, 9.17) is 4.74 Å². The monoisotopic (exact) mass is 330 g/mol. The summed E-state index contributed by atoms with van der Waals surface area (Å²) in [6.45, 7) is 6.62. The molecule has 0 aliphatic carbocycles. The summed E-state index contributed by atoms with van der Waals surface area (Å²) in [5.74, 6) is -1.41. The molecule has 23 heavy (non-hydrogen) atoms. The summed E-state index contributed by atoms with van der Waals surface area (Å²) >= 11 is 0. The second-order valence-corrected chi connectivity index (χ2v) is 6.06. The van der Waals surface area contributed by atoms with Gasteiger partial charge in [-0.05, 0) is 40.5 Å². The Balaban J connectivity index is 4.02. The molecule has 0 aliphatic heterocycles. The van der Waals surface area contributed by atoms with Crippen molar-refractivity contribution in [1.29, 1.82) is 0 Å². The standard InChI is InChI=1S/C15H26N2O6/c1-10(13(20)23-15(2,3)4)16-14(21)17-11(18)8-6-7-9-12(19)22-5/h10H,6-9H2,1-5H3,(H2,16,17,18,21)/t10-/m0/s1. The van der Waals surface area contributed by atoms with Crippen molar-refractivity contribution in [2.75, 3.05) is 7.11 Å². The van der Waals surface area contributed by atoms with Crippen molar-refractivity contribution in [3.05, 3.63) is 0 Å². The summed E-state index contributed by atoms with van der Waals surface area (Å²) in [6, 6.07) is -1.64. The fourth-order valence-corrected chi connectivity index (χ4v) is 1.53. The molecule has 0 heterocycles. The number of carbonyl (C=O) groups excluding carboxylic acids is 4. The van der Waals surface area contributed by atoms with Crippen LogP contribution in [0, 0.1) is 0 Å². The zero-order chi connectivity index (χ0) is 18.0. The lowest BCUT2D eigenvalue weighted by atomic mass is 10.2. The summed E-state index contributed by atoms with van der Waals surface area (Å²) in [4.78, 5) is 45.7. The van der Waals surface area contributed by atoms with E-state index in [-0.39, 0.29) is 18.8 Å². The van der Waals surface area contributed by atoms with Crippen LogP contribution in [0.15, 0.2) is 0 Å². The third-order valence-corrected chi connectivity index (χ3v) is 2.62. The molecular weight excluding hydrogens is 304 g/mol. The number of esters is 2. The van der Waals surface area contributed by atoms with Gasteiger partial charge in [0.1, 0.15) is 11.6 Å². The number of ether oxygens (including phenoxy) is 2. The lowest BCUT2D eigenvalue weighted by Crippen LogP contribution is -2.48. The number of imide groups is 1. The third kappa shape index (κ3) is 11.1. The Bertz CT molecular complexity index is 442. The van der Waals surface area contributed by atoms with Gasteiger partial charge in [0.25, 0.3) is 0 Å². The summed E-state index contributed by atoms with van der Waals surface area (Å²) in [7, 11) is 1.30. The average Bonchev–Trinajstić information content (AvgIpc) is 2.41. The van der Waals surface area contributed by atoms with Gasteiger partial charge in [0, 0.05) is 12.8 Å². The Morgan fingerprint density at radius 1 is 1.04 bits per heavy atom.